The van der Waals surface area contributed by atoms with Crippen molar-refractivity contribution in [3.63, 3.8) is 0 Å². The van der Waals surface area contributed by atoms with E-state index in [4.69, 9.17) is 0 Å². The first-order valence-electron chi connectivity index (χ1n) is 10.7. The summed E-state index contributed by atoms with van der Waals surface area (Å²) in [6.07, 6.45) is 12.2. The lowest BCUT2D eigenvalue weighted by molar-refractivity contribution is -0.123. The molecule has 5 heteroatoms. The summed E-state index contributed by atoms with van der Waals surface area (Å²) in [6, 6.07) is 0. The molecule has 0 radical (unpaired) electrons. The first-order valence-corrected chi connectivity index (χ1v) is 11.5. The van der Waals surface area contributed by atoms with E-state index in [1.54, 1.807) is 12.6 Å². The molecule has 0 aliphatic heterocycles. The van der Waals surface area contributed by atoms with Gasteiger partial charge in [0.15, 0.2) is 0 Å². The van der Waals surface area contributed by atoms with Gasteiger partial charge in [-0.1, -0.05) is 49.8 Å². The average Bonchev–Trinajstić information content (AvgIpc) is 2.99. The second-order valence-electron chi connectivity index (χ2n) is 9.05. The lowest BCUT2D eigenvalue weighted by Gasteiger charge is -2.41. The molecule has 0 bridgehead atoms. The Hall–Kier alpha value is -1.30. The van der Waals surface area contributed by atoms with Gasteiger partial charge in [-0.2, -0.15) is 0 Å². The zero-order chi connectivity index (χ0) is 21.4. The number of hydrogen-bond donors (Lipinski definition) is 2. The molecular formula is C24H35NO3S. The fourth-order valence-corrected chi connectivity index (χ4v) is 6.43. The molecule has 29 heavy (non-hydrogen) atoms. The standard InChI is InChI=1S/C24H35NO3S/c1-6-20-11-12-21-18(8-7-13-23(20,21)4)9-10-19-14-24(28,15-22(27)16(19)2)29-25(5)17(3)26/h9-11,21-22,27-28H,2,6-8,12-15H2,1,3-5H3/t21?,22-,23+,24?/m0/s1. The van der Waals surface area contributed by atoms with Crippen LogP contribution in [0.25, 0.3) is 0 Å². The van der Waals surface area contributed by atoms with Gasteiger partial charge in [0, 0.05) is 26.8 Å². The first-order chi connectivity index (χ1) is 13.6. The Morgan fingerprint density at radius 1 is 1.45 bits per heavy atom. The second-order valence-corrected chi connectivity index (χ2v) is 10.5. The van der Waals surface area contributed by atoms with Crippen molar-refractivity contribution in [2.75, 3.05) is 7.05 Å². The molecule has 1 amide bonds. The van der Waals surface area contributed by atoms with Crippen LogP contribution in [0.5, 0.6) is 0 Å². The summed E-state index contributed by atoms with van der Waals surface area (Å²) in [6.45, 7) is 10.2. The minimum Gasteiger partial charge on any atom is -0.388 e. The van der Waals surface area contributed by atoms with E-state index >= 15 is 0 Å². The van der Waals surface area contributed by atoms with Gasteiger partial charge >= 0.3 is 0 Å². The van der Waals surface area contributed by atoms with Crippen LogP contribution in [0.1, 0.15) is 65.7 Å². The molecular weight excluding hydrogens is 382 g/mol. The molecule has 0 heterocycles. The predicted octanol–water partition coefficient (Wildman–Crippen LogP) is 4.91. The lowest BCUT2D eigenvalue weighted by atomic mass is 9.64. The molecule has 3 aliphatic rings. The molecule has 0 saturated heterocycles. The van der Waals surface area contributed by atoms with Gasteiger partial charge in [-0.15, -0.1) is 0 Å². The van der Waals surface area contributed by atoms with Crippen molar-refractivity contribution < 1.29 is 15.0 Å². The molecule has 2 N–H and O–H groups in total. The maximum atomic E-state index is 11.6. The van der Waals surface area contributed by atoms with Crippen molar-refractivity contribution in [1.29, 1.82) is 0 Å². The summed E-state index contributed by atoms with van der Waals surface area (Å²) in [5, 5.41) is 21.5. The van der Waals surface area contributed by atoms with Gasteiger partial charge in [0.2, 0.25) is 5.91 Å². The highest BCUT2D eigenvalue weighted by Gasteiger charge is 2.44. The van der Waals surface area contributed by atoms with Crippen LogP contribution in [0.2, 0.25) is 0 Å². The van der Waals surface area contributed by atoms with Crippen LogP contribution in [0, 0.1) is 11.3 Å². The molecule has 160 valence electrons. The molecule has 0 aromatic carbocycles. The van der Waals surface area contributed by atoms with Crippen LogP contribution in [-0.4, -0.2) is 38.5 Å². The molecule has 3 aliphatic carbocycles. The Bertz CT molecular complexity index is 783. The molecule has 2 saturated carbocycles. The molecule has 2 unspecified atom stereocenters. The van der Waals surface area contributed by atoms with E-state index in [2.05, 4.69) is 38.7 Å². The predicted molar refractivity (Wildman–Crippen MR) is 120 cm³/mol. The van der Waals surface area contributed by atoms with Gasteiger partial charge in [-0.05, 0) is 66.5 Å². The van der Waals surface area contributed by atoms with Crippen LogP contribution >= 0.6 is 11.9 Å². The van der Waals surface area contributed by atoms with Crippen molar-refractivity contribution in [3.05, 3.63) is 47.1 Å². The molecule has 0 spiro atoms. The molecule has 0 aromatic heterocycles. The summed E-state index contributed by atoms with van der Waals surface area (Å²) >= 11 is 1.09. The van der Waals surface area contributed by atoms with E-state index in [1.165, 1.54) is 29.6 Å². The lowest BCUT2D eigenvalue weighted by Crippen LogP contribution is -2.40. The van der Waals surface area contributed by atoms with E-state index in [0.29, 0.717) is 17.9 Å². The maximum Gasteiger partial charge on any atom is 0.229 e. The average molecular weight is 418 g/mol. The van der Waals surface area contributed by atoms with Crippen LogP contribution < -0.4 is 0 Å². The SMILES string of the molecule is C=C1C(=CC=C2CCC[C@]3(C)C(CC)=CCC23)CC(O)(SN(C)C(C)=O)C[C@@H]1O. The largest absolute Gasteiger partial charge is 0.388 e. The second kappa shape index (κ2) is 8.44. The van der Waals surface area contributed by atoms with Gasteiger partial charge < -0.3 is 10.2 Å². The van der Waals surface area contributed by atoms with Crippen LogP contribution in [-0.2, 0) is 4.79 Å². The zero-order valence-corrected chi connectivity index (χ0v) is 19.0. The highest BCUT2D eigenvalue weighted by Crippen LogP contribution is 2.55. The third-order valence-corrected chi connectivity index (χ3v) is 8.32. The van der Waals surface area contributed by atoms with E-state index in [-0.39, 0.29) is 17.7 Å². The van der Waals surface area contributed by atoms with Crippen molar-refractivity contribution in [2.45, 2.75) is 76.8 Å². The Kier molecular flexibility index (Phi) is 6.52. The topological polar surface area (TPSA) is 60.8 Å². The number of carbonyl (C=O) groups is 1. The number of hydrogen-bond acceptors (Lipinski definition) is 4. The minimum atomic E-state index is -1.21. The third-order valence-electron chi connectivity index (χ3n) is 7.14. The number of aliphatic hydroxyl groups excluding tert-OH is 1. The third kappa shape index (κ3) is 4.42. The van der Waals surface area contributed by atoms with Gasteiger partial charge in [-0.3, -0.25) is 9.10 Å². The summed E-state index contributed by atoms with van der Waals surface area (Å²) in [7, 11) is 1.65. The first kappa shape index (κ1) is 22.4. The fourth-order valence-electron chi connectivity index (χ4n) is 5.34. The molecule has 0 aromatic rings. The van der Waals surface area contributed by atoms with E-state index in [1.807, 2.05) is 0 Å². The highest BCUT2D eigenvalue weighted by atomic mass is 32.2. The monoisotopic (exact) mass is 417 g/mol. The Morgan fingerprint density at radius 3 is 2.83 bits per heavy atom. The van der Waals surface area contributed by atoms with Gasteiger partial charge in [0.05, 0.1) is 6.10 Å². The van der Waals surface area contributed by atoms with Crippen LogP contribution in [0.4, 0.5) is 0 Å². The van der Waals surface area contributed by atoms with Crippen molar-refractivity contribution in [1.82, 2.24) is 4.31 Å². The van der Waals surface area contributed by atoms with Crippen molar-refractivity contribution in [2.24, 2.45) is 11.3 Å². The molecule has 4 atom stereocenters. The smallest absolute Gasteiger partial charge is 0.229 e. The van der Waals surface area contributed by atoms with Crippen LogP contribution in [0.15, 0.2) is 47.1 Å². The zero-order valence-electron chi connectivity index (χ0n) is 18.2. The Morgan fingerprint density at radius 2 is 2.17 bits per heavy atom. The van der Waals surface area contributed by atoms with Gasteiger partial charge in [0.25, 0.3) is 0 Å². The number of carbonyl (C=O) groups excluding carboxylic acids is 1. The summed E-state index contributed by atoms with van der Waals surface area (Å²) in [5.41, 5.74) is 4.89. The maximum absolute atomic E-state index is 11.6. The van der Waals surface area contributed by atoms with Gasteiger partial charge in [0.1, 0.15) is 4.93 Å². The summed E-state index contributed by atoms with van der Waals surface area (Å²) in [4.78, 5) is 10.4. The highest BCUT2D eigenvalue weighted by molar-refractivity contribution is 7.98. The Labute approximate surface area is 179 Å². The van der Waals surface area contributed by atoms with Crippen molar-refractivity contribution in [3.8, 4) is 0 Å². The minimum absolute atomic E-state index is 0.128. The number of allylic oxidation sites excluding steroid dienone is 5. The summed E-state index contributed by atoms with van der Waals surface area (Å²) < 4.78 is 1.43. The van der Waals surface area contributed by atoms with E-state index in [0.717, 1.165) is 36.8 Å². The summed E-state index contributed by atoms with van der Waals surface area (Å²) in [5.74, 6) is 0.429. The molecule has 3 rings (SSSR count). The number of rotatable bonds is 4. The quantitative estimate of drug-likeness (QED) is 0.387. The normalized spacial score (nSPS) is 37.6. The van der Waals surface area contributed by atoms with E-state index < -0.39 is 11.0 Å². The molecule has 4 nitrogen and oxygen atoms in total. The van der Waals surface area contributed by atoms with Crippen LogP contribution in [0.3, 0.4) is 0 Å². The molecule has 2 fully saturated rings. The van der Waals surface area contributed by atoms with E-state index in [9.17, 15) is 15.0 Å². The number of nitrogens with zero attached hydrogens (tertiary/aromatic N) is 1. The number of fused-ring (bicyclic) bond motifs is 1. The van der Waals surface area contributed by atoms with Gasteiger partial charge in [-0.25, -0.2) is 0 Å². The van der Waals surface area contributed by atoms with Crippen molar-refractivity contribution >= 4 is 17.9 Å². The number of aliphatic hydroxyl groups is 2. The fraction of sp³-hybridized carbons (Fsp3) is 0.625. The Balaban J connectivity index is 1.83. The number of amides is 1.